The predicted octanol–water partition coefficient (Wildman–Crippen LogP) is 2.94. The number of piperidine rings is 1. The zero-order chi connectivity index (χ0) is 12.1. The Balaban J connectivity index is 2.65. The van der Waals surface area contributed by atoms with Crippen molar-refractivity contribution < 1.29 is 0 Å². The third-order valence-electron chi connectivity index (χ3n) is 3.49. The van der Waals surface area contributed by atoms with Crippen LogP contribution in [-0.4, -0.2) is 31.4 Å². The topological polar surface area (TPSA) is 28.0 Å². The molecule has 1 aliphatic rings. The van der Waals surface area contributed by atoms with Gasteiger partial charge in [-0.2, -0.15) is 0 Å². The Morgan fingerprint density at radius 3 is 2.12 bits per heavy atom. The van der Waals surface area contributed by atoms with Crippen molar-refractivity contribution in [2.24, 2.45) is 21.8 Å². The molecule has 1 aliphatic heterocycles. The van der Waals surface area contributed by atoms with Gasteiger partial charge in [0.25, 0.3) is 0 Å². The van der Waals surface area contributed by atoms with E-state index in [4.69, 9.17) is 0 Å². The third kappa shape index (κ3) is 2.94. The predicted molar refractivity (Wildman–Crippen MR) is 70.9 cm³/mol. The van der Waals surface area contributed by atoms with Gasteiger partial charge in [-0.25, -0.2) is 4.99 Å². The number of hydrogen-bond acceptors (Lipinski definition) is 3. The van der Waals surface area contributed by atoms with Crippen LogP contribution in [0.5, 0.6) is 0 Å². The van der Waals surface area contributed by atoms with Crippen LogP contribution in [0.3, 0.4) is 0 Å². The van der Waals surface area contributed by atoms with Crippen LogP contribution in [0, 0.1) is 11.8 Å². The van der Waals surface area contributed by atoms with E-state index in [1.165, 1.54) is 12.8 Å². The first-order valence-electron chi connectivity index (χ1n) is 5.99. The number of aliphatic imine (C=N–C) groups is 2. The van der Waals surface area contributed by atoms with Crippen LogP contribution in [0.15, 0.2) is 21.5 Å². The standard InChI is InChI=1S/C13H23N3/c1-10(2)12-6-8-16(9-7-12)13(15-5)11(3)14-4/h10,12H,4-9H2,1-3H3/b13-11+. The molecule has 0 radical (unpaired) electrons. The summed E-state index contributed by atoms with van der Waals surface area (Å²) in [6.07, 6.45) is 2.47. The van der Waals surface area contributed by atoms with Crippen LogP contribution >= 0.6 is 0 Å². The molecule has 1 rings (SSSR count). The van der Waals surface area contributed by atoms with Crippen LogP contribution in [0.4, 0.5) is 0 Å². The number of hydrogen-bond donors (Lipinski definition) is 0. The van der Waals surface area contributed by atoms with Gasteiger partial charge in [-0.15, -0.1) is 0 Å². The van der Waals surface area contributed by atoms with Gasteiger partial charge in [0.05, 0.1) is 5.70 Å². The van der Waals surface area contributed by atoms with E-state index < -0.39 is 0 Å². The summed E-state index contributed by atoms with van der Waals surface area (Å²) in [6.45, 7) is 15.8. The minimum absolute atomic E-state index is 0.782. The number of rotatable bonds is 4. The lowest BCUT2D eigenvalue weighted by Crippen LogP contribution is -2.34. The van der Waals surface area contributed by atoms with Crippen molar-refractivity contribution in [3.63, 3.8) is 0 Å². The molecule has 0 unspecified atom stereocenters. The third-order valence-corrected chi connectivity index (χ3v) is 3.49. The number of nitrogens with zero attached hydrogens (tertiary/aromatic N) is 3. The Bertz CT molecular complexity index is 284. The summed E-state index contributed by atoms with van der Waals surface area (Å²) in [5.74, 6) is 2.53. The van der Waals surface area contributed by atoms with Gasteiger partial charge in [0.1, 0.15) is 5.82 Å². The van der Waals surface area contributed by atoms with Crippen molar-refractivity contribution in [1.29, 1.82) is 0 Å². The highest BCUT2D eigenvalue weighted by atomic mass is 15.2. The molecule has 0 atom stereocenters. The molecule has 3 nitrogen and oxygen atoms in total. The largest absolute Gasteiger partial charge is 0.355 e. The molecule has 16 heavy (non-hydrogen) atoms. The molecule has 0 saturated carbocycles. The van der Waals surface area contributed by atoms with E-state index >= 15 is 0 Å². The molecule has 1 saturated heterocycles. The van der Waals surface area contributed by atoms with Gasteiger partial charge in [0.2, 0.25) is 0 Å². The molecule has 3 heteroatoms. The van der Waals surface area contributed by atoms with Gasteiger partial charge in [-0.3, -0.25) is 4.99 Å². The molecule has 0 aliphatic carbocycles. The van der Waals surface area contributed by atoms with Crippen LogP contribution < -0.4 is 0 Å². The normalized spacial score (nSPS) is 19.6. The second-order valence-electron chi connectivity index (χ2n) is 4.79. The smallest absolute Gasteiger partial charge is 0.149 e. The molecule has 0 amide bonds. The summed E-state index contributed by atoms with van der Waals surface area (Å²) >= 11 is 0. The lowest BCUT2D eigenvalue weighted by Gasteiger charge is -2.35. The van der Waals surface area contributed by atoms with E-state index in [1.54, 1.807) is 0 Å². The summed E-state index contributed by atoms with van der Waals surface area (Å²) in [7, 11) is 0. The summed E-state index contributed by atoms with van der Waals surface area (Å²) in [4.78, 5) is 10.3. The molecule has 0 aromatic rings. The van der Waals surface area contributed by atoms with Crippen LogP contribution in [0.2, 0.25) is 0 Å². The number of allylic oxidation sites excluding steroid dienone is 1. The maximum atomic E-state index is 4.07. The van der Waals surface area contributed by atoms with E-state index in [0.717, 1.165) is 36.4 Å². The van der Waals surface area contributed by atoms with Crippen LogP contribution in [0.25, 0.3) is 0 Å². The van der Waals surface area contributed by atoms with Gasteiger partial charge in [-0.05, 0) is 45.0 Å². The zero-order valence-corrected chi connectivity index (χ0v) is 10.7. The van der Waals surface area contributed by atoms with Crippen LogP contribution in [-0.2, 0) is 0 Å². The maximum absolute atomic E-state index is 4.07. The Labute approximate surface area is 99.0 Å². The van der Waals surface area contributed by atoms with Crippen molar-refractivity contribution in [3.8, 4) is 0 Å². The first kappa shape index (κ1) is 12.9. The lowest BCUT2D eigenvalue weighted by molar-refractivity contribution is 0.188. The number of likely N-dealkylation sites (tertiary alicyclic amines) is 1. The van der Waals surface area contributed by atoms with Gasteiger partial charge in [0.15, 0.2) is 0 Å². The highest BCUT2D eigenvalue weighted by molar-refractivity contribution is 5.34. The van der Waals surface area contributed by atoms with Gasteiger partial charge >= 0.3 is 0 Å². The summed E-state index contributed by atoms with van der Waals surface area (Å²) in [5, 5.41) is 0. The van der Waals surface area contributed by atoms with E-state index in [1.807, 2.05) is 6.92 Å². The van der Waals surface area contributed by atoms with E-state index in [-0.39, 0.29) is 0 Å². The van der Waals surface area contributed by atoms with Crippen molar-refractivity contribution in [2.45, 2.75) is 33.6 Å². The average Bonchev–Trinajstić information content (AvgIpc) is 2.30. The van der Waals surface area contributed by atoms with Gasteiger partial charge in [0, 0.05) is 13.1 Å². The molecule has 0 aromatic heterocycles. The molecule has 0 aromatic carbocycles. The highest BCUT2D eigenvalue weighted by Crippen LogP contribution is 2.27. The summed E-state index contributed by atoms with van der Waals surface area (Å²) in [5.41, 5.74) is 0.873. The lowest BCUT2D eigenvalue weighted by atomic mass is 9.87. The van der Waals surface area contributed by atoms with E-state index in [2.05, 4.69) is 42.2 Å². The first-order valence-corrected chi connectivity index (χ1v) is 5.99. The molecular formula is C13H23N3. The summed E-state index contributed by atoms with van der Waals surface area (Å²) in [6, 6.07) is 0. The van der Waals surface area contributed by atoms with Gasteiger partial charge < -0.3 is 4.90 Å². The minimum atomic E-state index is 0.782. The van der Waals surface area contributed by atoms with Crippen LogP contribution in [0.1, 0.15) is 33.6 Å². The molecule has 90 valence electrons. The Hall–Kier alpha value is -1.12. The first-order chi connectivity index (χ1) is 7.60. The molecule has 0 N–H and O–H groups in total. The fourth-order valence-electron chi connectivity index (χ4n) is 2.29. The minimum Gasteiger partial charge on any atom is -0.355 e. The van der Waals surface area contributed by atoms with Crippen molar-refractivity contribution >= 4 is 13.4 Å². The van der Waals surface area contributed by atoms with Crippen molar-refractivity contribution in [3.05, 3.63) is 11.5 Å². The monoisotopic (exact) mass is 221 g/mol. The fraction of sp³-hybridized carbons (Fsp3) is 0.692. The Kier molecular flexibility index (Phi) is 4.71. The van der Waals surface area contributed by atoms with Crippen molar-refractivity contribution in [1.82, 2.24) is 4.90 Å². The SMILES string of the molecule is C=N/C(C)=C(\N=C)N1CCC(C(C)C)CC1. The molecule has 0 bridgehead atoms. The fourth-order valence-corrected chi connectivity index (χ4v) is 2.29. The molecule has 1 fully saturated rings. The quantitative estimate of drug-likeness (QED) is 0.671. The van der Waals surface area contributed by atoms with E-state index in [9.17, 15) is 0 Å². The summed E-state index contributed by atoms with van der Waals surface area (Å²) < 4.78 is 0. The zero-order valence-electron chi connectivity index (χ0n) is 10.7. The Morgan fingerprint density at radius 1 is 1.19 bits per heavy atom. The van der Waals surface area contributed by atoms with E-state index in [0.29, 0.717) is 0 Å². The average molecular weight is 221 g/mol. The maximum Gasteiger partial charge on any atom is 0.149 e. The molecule has 1 heterocycles. The molecular weight excluding hydrogens is 198 g/mol. The highest BCUT2D eigenvalue weighted by Gasteiger charge is 2.23. The Morgan fingerprint density at radius 2 is 1.75 bits per heavy atom. The van der Waals surface area contributed by atoms with Crippen molar-refractivity contribution in [2.75, 3.05) is 13.1 Å². The van der Waals surface area contributed by atoms with Gasteiger partial charge in [-0.1, -0.05) is 13.8 Å². The second-order valence-corrected chi connectivity index (χ2v) is 4.79. The molecule has 0 spiro atoms. The second kappa shape index (κ2) is 5.83.